The van der Waals surface area contributed by atoms with Gasteiger partial charge in [0.25, 0.3) is 0 Å². The van der Waals surface area contributed by atoms with E-state index in [0.717, 1.165) is 18.5 Å². The van der Waals surface area contributed by atoms with Crippen LogP contribution in [-0.2, 0) is 24.2 Å². The fourth-order valence-corrected chi connectivity index (χ4v) is 3.12. The van der Waals surface area contributed by atoms with Crippen LogP contribution in [0.25, 0.3) is 0 Å². The van der Waals surface area contributed by atoms with E-state index in [2.05, 4.69) is 24.1 Å². The molecule has 0 radical (unpaired) electrons. The fraction of sp³-hybridized carbons (Fsp3) is 0.350. The maximum Gasteiger partial charge on any atom is 1.00 e. The van der Waals surface area contributed by atoms with Crippen molar-refractivity contribution in [2.45, 2.75) is 32.3 Å². The topological polar surface area (TPSA) is 52.6 Å². The summed E-state index contributed by atoms with van der Waals surface area (Å²) in [7, 11) is 2.09. The van der Waals surface area contributed by atoms with Crippen molar-refractivity contribution in [2.24, 2.45) is 0 Å². The van der Waals surface area contributed by atoms with Gasteiger partial charge in [-0.15, -0.1) is 0 Å². The summed E-state index contributed by atoms with van der Waals surface area (Å²) in [6.07, 6.45) is 2.19. The van der Waals surface area contributed by atoms with E-state index in [-0.39, 0.29) is 42.4 Å². The first kappa shape index (κ1) is 20.7. The number of benzene rings is 2. The van der Waals surface area contributed by atoms with Crippen molar-refractivity contribution < 1.29 is 48.6 Å². The van der Waals surface area contributed by atoms with Gasteiger partial charge in [-0.1, -0.05) is 18.2 Å². The van der Waals surface area contributed by atoms with E-state index in [1.807, 2.05) is 6.07 Å². The summed E-state index contributed by atoms with van der Waals surface area (Å²) in [4.78, 5) is 12.7. The normalized spacial score (nSPS) is 12.9. The number of nitrogens with zero attached hydrogens (tertiary/aromatic N) is 1. The number of aliphatic carboxylic acids is 1. The van der Waals surface area contributed by atoms with E-state index in [1.165, 1.54) is 23.7 Å². The number of hydrogen-bond donors (Lipinski definition) is 0. The van der Waals surface area contributed by atoms with Crippen LogP contribution in [0.4, 0.5) is 10.1 Å². The summed E-state index contributed by atoms with van der Waals surface area (Å²) in [6.45, 7) is 1.41. The first-order chi connectivity index (χ1) is 12.0. The molecule has 26 heavy (non-hydrogen) atoms. The summed E-state index contributed by atoms with van der Waals surface area (Å²) in [5.74, 6) is -1.21. The predicted octanol–water partition coefficient (Wildman–Crippen LogP) is -0.526. The molecule has 0 aliphatic carbocycles. The minimum absolute atomic E-state index is 0. The zero-order valence-electron chi connectivity index (χ0n) is 15.3. The van der Waals surface area contributed by atoms with Crippen molar-refractivity contribution in [3.05, 3.63) is 58.9 Å². The summed E-state index contributed by atoms with van der Waals surface area (Å²) in [5.41, 5.74) is 3.97. The quantitative estimate of drug-likeness (QED) is 0.646. The molecule has 0 fully saturated rings. The number of aryl methyl sites for hydroxylation is 2. The second-order valence-corrected chi connectivity index (χ2v) is 6.40. The summed E-state index contributed by atoms with van der Waals surface area (Å²) >= 11 is 0. The first-order valence-electron chi connectivity index (χ1n) is 8.47. The SMILES string of the molecule is CN1CCCc2ccc(COc3ccc(CCC(=O)[O-])c(F)c3)cc21.[Na+]. The molecular formula is C20H21FNNaO3. The van der Waals surface area contributed by atoms with Gasteiger partial charge in [-0.05, 0) is 54.5 Å². The molecule has 0 bridgehead atoms. The Morgan fingerprint density at radius 3 is 2.81 bits per heavy atom. The molecule has 0 atom stereocenters. The van der Waals surface area contributed by atoms with Crippen molar-refractivity contribution >= 4 is 11.7 Å². The van der Waals surface area contributed by atoms with Gasteiger partial charge in [0.05, 0.1) is 0 Å². The van der Waals surface area contributed by atoms with Crippen LogP contribution in [0.5, 0.6) is 5.75 Å². The van der Waals surface area contributed by atoms with Crippen molar-refractivity contribution in [3.63, 3.8) is 0 Å². The molecular weight excluding hydrogens is 344 g/mol. The predicted molar refractivity (Wildman–Crippen MR) is 92.1 cm³/mol. The average Bonchev–Trinajstić information content (AvgIpc) is 2.59. The van der Waals surface area contributed by atoms with Crippen molar-refractivity contribution in [3.8, 4) is 5.75 Å². The van der Waals surface area contributed by atoms with Crippen LogP contribution >= 0.6 is 0 Å². The molecule has 1 aliphatic heterocycles. The van der Waals surface area contributed by atoms with Gasteiger partial charge in [0.1, 0.15) is 18.2 Å². The molecule has 4 nitrogen and oxygen atoms in total. The van der Waals surface area contributed by atoms with E-state index in [9.17, 15) is 14.3 Å². The number of carboxylic acid groups (broad SMARTS) is 1. The molecule has 0 aromatic heterocycles. The number of carbonyl (C=O) groups excluding carboxylic acids is 1. The van der Waals surface area contributed by atoms with Gasteiger partial charge in [0, 0.05) is 31.3 Å². The number of anilines is 1. The first-order valence-corrected chi connectivity index (χ1v) is 8.47. The van der Waals surface area contributed by atoms with E-state index in [4.69, 9.17) is 4.74 Å². The van der Waals surface area contributed by atoms with Gasteiger partial charge in [-0.3, -0.25) is 0 Å². The number of ether oxygens (including phenoxy) is 1. The minimum Gasteiger partial charge on any atom is -0.550 e. The number of hydrogen-bond acceptors (Lipinski definition) is 4. The number of halogens is 1. The molecule has 2 aromatic rings. The summed E-state index contributed by atoms with van der Waals surface area (Å²) in [6, 6.07) is 10.8. The Kier molecular flexibility index (Phi) is 7.50. The Hall–Kier alpha value is -1.56. The Morgan fingerprint density at radius 1 is 1.27 bits per heavy atom. The van der Waals surface area contributed by atoms with Crippen molar-refractivity contribution in [2.75, 3.05) is 18.5 Å². The van der Waals surface area contributed by atoms with E-state index in [1.54, 1.807) is 12.1 Å². The smallest absolute Gasteiger partial charge is 0.550 e. The van der Waals surface area contributed by atoms with Crippen LogP contribution in [-0.4, -0.2) is 19.6 Å². The largest absolute Gasteiger partial charge is 1.00 e. The number of rotatable bonds is 6. The molecule has 3 rings (SSSR count). The third kappa shape index (κ3) is 5.22. The van der Waals surface area contributed by atoms with Gasteiger partial charge in [0.15, 0.2) is 0 Å². The Morgan fingerprint density at radius 2 is 2.08 bits per heavy atom. The van der Waals surface area contributed by atoms with Crippen LogP contribution in [0.2, 0.25) is 0 Å². The van der Waals surface area contributed by atoms with E-state index in [0.29, 0.717) is 17.9 Å². The third-order valence-electron chi connectivity index (χ3n) is 4.53. The van der Waals surface area contributed by atoms with Gasteiger partial charge in [0.2, 0.25) is 0 Å². The second kappa shape index (κ2) is 9.40. The summed E-state index contributed by atoms with van der Waals surface area (Å²) in [5, 5.41) is 10.5. The van der Waals surface area contributed by atoms with Gasteiger partial charge < -0.3 is 19.5 Å². The second-order valence-electron chi connectivity index (χ2n) is 6.40. The molecule has 0 amide bonds. The van der Waals surface area contributed by atoms with E-state index < -0.39 is 11.8 Å². The molecule has 1 aliphatic rings. The average molecular weight is 365 g/mol. The Labute approximate surface area is 175 Å². The monoisotopic (exact) mass is 365 g/mol. The van der Waals surface area contributed by atoms with Gasteiger partial charge in [-0.25, -0.2) is 4.39 Å². The maximum atomic E-state index is 14.0. The number of carbonyl (C=O) groups is 1. The molecule has 1 heterocycles. The molecule has 2 aromatic carbocycles. The zero-order valence-corrected chi connectivity index (χ0v) is 17.3. The maximum absolute atomic E-state index is 14.0. The molecule has 0 N–H and O–H groups in total. The van der Waals surface area contributed by atoms with Crippen molar-refractivity contribution in [1.82, 2.24) is 0 Å². The van der Waals surface area contributed by atoms with Crippen molar-refractivity contribution in [1.29, 1.82) is 0 Å². The molecule has 0 unspecified atom stereocenters. The molecule has 0 saturated heterocycles. The Bertz CT molecular complexity index is 782. The fourth-order valence-electron chi connectivity index (χ4n) is 3.12. The molecule has 0 spiro atoms. The van der Waals surface area contributed by atoms with Crippen LogP contribution in [0.1, 0.15) is 29.5 Å². The van der Waals surface area contributed by atoms with Crippen LogP contribution in [0, 0.1) is 5.82 Å². The number of fused-ring (bicyclic) bond motifs is 1. The van der Waals surface area contributed by atoms with Crippen LogP contribution in [0.15, 0.2) is 36.4 Å². The van der Waals surface area contributed by atoms with Crippen LogP contribution in [0.3, 0.4) is 0 Å². The minimum atomic E-state index is -1.18. The molecule has 132 valence electrons. The van der Waals surface area contributed by atoms with E-state index >= 15 is 0 Å². The van der Waals surface area contributed by atoms with Gasteiger partial charge >= 0.3 is 29.6 Å². The van der Waals surface area contributed by atoms with Crippen LogP contribution < -0.4 is 44.3 Å². The van der Waals surface area contributed by atoms with Gasteiger partial charge in [-0.2, -0.15) is 0 Å². The number of carboxylic acids is 1. The standard InChI is InChI=1S/C20H22FNO3.Na/c1-22-10-2-3-16-5-4-14(11-19(16)22)13-25-17-8-6-15(18(21)12-17)7-9-20(23)24;/h4-6,8,11-12H,2-3,7,9-10,13H2,1H3,(H,23,24);/q;+1/p-1. The Balaban J connectivity index is 0.00000243. The molecule has 6 heteroatoms. The third-order valence-corrected chi connectivity index (χ3v) is 4.53. The zero-order chi connectivity index (χ0) is 17.8. The summed E-state index contributed by atoms with van der Waals surface area (Å²) < 4.78 is 19.7. The molecule has 0 saturated carbocycles.